The molecule has 0 aliphatic rings. The summed E-state index contributed by atoms with van der Waals surface area (Å²) in [6.07, 6.45) is 1.26. The van der Waals surface area contributed by atoms with Crippen molar-refractivity contribution in [3.8, 4) is 0 Å². The fraction of sp³-hybridized carbons (Fsp3) is 0.250. The first kappa shape index (κ1) is 14.6. The van der Waals surface area contributed by atoms with Crippen molar-refractivity contribution >= 4 is 11.9 Å². The molecule has 0 saturated carbocycles. The molecule has 21 heavy (non-hydrogen) atoms. The van der Waals surface area contributed by atoms with Crippen molar-refractivity contribution in [2.45, 2.75) is 13.1 Å². The highest BCUT2D eigenvalue weighted by Crippen LogP contribution is 2.07. The van der Waals surface area contributed by atoms with Crippen LogP contribution in [-0.2, 0) is 22.7 Å². The van der Waals surface area contributed by atoms with Gasteiger partial charge < -0.3 is 10.0 Å². The smallest absolute Gasteiger partial charge is 0.323 e. The number of hydrogen-bond donors (Lipinski definition) is 1. The van der Waals surface area contributed by atoms with Crippen LogP contribution in [0.3, 0.4) is 0 Å². The van der Waals surface area contributed by atoms with Crippen LogP contribution >= 0.6 is 0 Å². The minimum Gasteiger partial charge on any atom is -0.480 e. The molecule has 0 unspecified atom stereocenters. The van der Waals surface area contributed by atoms with Crippen molar-refractivity contribution in [2.75, 3.05) is 6.54 Å². The first-order valence-corrected chi connectivity index (χ1v) is 5.99. The number of carbonyl (C=O) groups is 2. The Hall–Kier alpha value is -2.84. The van der Waals surface area contributed by atoms with Crippen molar-refractivity contribution in [1.29, 1.82) is 0 Å². The quantitative estimate of drug-likeness (QED) is 0.799. The molecule has 1 N–H and O–H groups in total. The van der Waals surface area contributed by atoms with E-state index in [-0.39, 0.29) is 13.1 Å². The van der Waals surface area contributed by atoms with E-state index in [0.717, 1.165) is 4.90 Å². The van der Waals surface area contributed by atoms with Crippen LogP contribution in [0, 0.1) is 5.82 Å². The second-order valence-electron chi connectivity index (χ2n) is 4.28. The highest BCUT2D eigenvalue weighted by molar-refractivity contribution is 5.81. The fourth-order valence-electron chi connectivity index (χ4n) is 1.70. The third-order valence-corrected chi connectivity index (χ3v) is 2.65. The van der Waals surface area contributed by atoms with Gasteiger partial charge in [0.2, 0.25) is 5.91 Å². The largest absolute Gasteiger partial charge is 0.480 e. The summed E-state index contributed by atoms with van der Waals surface area (Å²) < 4.78 is 14.0. The Bertz CT molecular complexity index is 614. The standard InChI is InChI=1S/C12H12FN5O3/c13-10-3-1-9(2-4-10)5-17(7-12(20)21)11(19)6-18-8-14-15-16-18/h1-4,8H,5-7H2,(H,20,21). The van der Waals surface area contributed by atoms with Crippen LogP contribution in [0.5, 0.6) is 0 Å². The molecule has 0 spiro atoms. The van der Waals surface area contributed by atoms with Gasteiger partial charge in [-0.1, -0.05) is 12.1 Å². The highest BCUT2D eigenvalue weighted by Gasteiger charge is 2.18. The monoisotopic (exact) mass is 293 g/mol. The average molecular weight is 293 g/mol. The van der Waals surface area contributed by atoms with Crippen molar-refractivity contribution in [3.63, 3.8) is 0 Å². The minimum absolute atomic E-state index is 0.0630. The van der Waals surface area contributed by atoms with Crippen LogP contribution < -0.4 is 0 Å². The zero-order chi connectivity index (χ0) is 15.2. The van der Waals surface area contributed by atoms with Crippen molar-refractivity contribution in [2.24, 2.45) is 0 Å². The van der Waals surface area contributed by atoms with Gasteiger partial charge in [0.15, 0.2) is 0 Å². The lowest BCUT2D eigenvalue weighted by atomic mass is 10.2. The van der Waals surface area contributed by atoms with Gasteiger partial charge in [-0.3, -0.25) is 9.59 Å². The number of benzene rings is 1. The van der Waals surface area contributed by atoms with E-state index in [0.29, 0.717) is 5.56 Å². The summed E-state index contributed by atoms with van der Waals surface area (Å²) in [4.78, 5) is 24.1. The Balaban J connectivity index is 2.07. The molecule has 0 aliphatic carbocycles. The number of carbonyl (C=O) groups excluding carboxylic acids is 1. The van der Waals surface area contributed by atoms with Gasteiger partial charge in [-0.25, -0.2) is 9.07 Å². The maximum absolute atomic E-state index is 12.8. The summed E-state index contributed by atoms with van der Waals surface area (Å²) in [5, 5.41) is 19.2. The molecule has 0 atom stereocenters. The van der Waals surface area contributed by atoms with Gasteiger partial charge in [0, 0.05) is 6.54 Å². The maximum atomic E-state index is 12.8. The predicted octanol–water partition coefficient (Wildman–Crippen LogP) is -0.0744. The number of carboxylic acids is 1. The van der Waals surface area contributed by atoms with E-state index < -0.39 is 24.2 Å². The van der Waals surface area contributed by atoms with Crippen molar-refractivity contribution in [1.82, 2.24) is 25.1 Å². The molecule has 0 bridgehead atoms. The van der Waals surface area contributed by atoms with Gasteiger partial charge in [-0.2, -0.15) is 0 Å². The number of tetrazole rings is 1. The third-order valence-electron chi connectivity index (χ3n) is 2.65. The van der Waals surface area contributed by atoms with Crippen LogP contribution in [-0.4, -0.2) is 48.6 Å². The van der Waals surface area contributed by atoms with Crippen molar-refractivity contribution < 1.29 is 19.1 Å². The summed E-state index contributed by atoms with van der Waals surface area (Å²) in [7, 11) is 0. The lowest BCUT2D eigenvalue weighted by Crippen LogP contribution is -2.37. The minimum atomic E-state index is -1.14. The van der Waals surface area contributed by atoms with E-state index in [1.54, 1.807) is 0 Å². The lowest BCUT2D eigenvalue weighted by molar-refractivity contribution is -0.145. The molecule has 0 saturated heterocycles. The van der Waals surface area contributed by atoms with Gasteiger partial charge in [-0.05, 0) is 28.1 Å². The number of nitrogens with zero attached hydrogens (tertiary/aromatic N) is 5. The molecule has 0 fully saturated rings. The maximum Gasteiger partial charge on any atom is 0.323 e. The molecule has 0 radical (unpaired) electrons. The molecule has 1 heterocycles. The highest BCUT2D eigenvalue weighted by atomic mass is 19.1. The average Bonchev–Trinajstić information content (AvgIpc) is 2.93. The molecule has 2 rings (SSSR count). The summed E-state index contributed by atoms with van der Waals surface area (Å²) >= 11 is 0. The van der Waals surface area contributed by atoms with E-state index in [4.69, 9.17) is 5.11 Å². The number of hydrogen-bond acceptors (Lipinski definition) is 5. The topological polar surface area (TPSA) is 101 Å². The van der Waals surface area contributed by atoms with Gasteiger partial charge in [-0.15, -0.1) is 5.10 Å². The summed E-state index contributed by atoms with van der Waals surface area (Å²) in [5.74, 6) is -1.99. The molecule has 1 aromatic carbocycles. The van der Waals surface area contributed by atoms with Crippen LogP contribution in [0.4, 0.5) is 4.39 Å². The zero-order valence-electron chi connectivity index (χ0n) is 10.9. The number of aliphatic carboxylic acids is 1. The molecule has 1 aromatic heterocycles. The molecular formula is C12H12FN5O3. The molecule has 8 nitrogen and oxygen atoms in total. The van der Waals surface area contributed by atoms with Crippen molar-refractivity contribution in [3.05, 3.63) is 42.0 Å². The molecular weight excluding hydrogens is 281 g/mol. The Morgan fingerprint density at radius 3 is 2.57 bits per heavy atom. The number of aromatic nitrogens is 4. The van der Waals surface area contributed by atoms with E-state index >= 15 is 0 Å². The fourth-order valence-corrected chi connectivity index (χ4v) is 1.70. The van der Waals surface area contributed by atoms with Crippen LogP contribution in [0.1, 0.15) is 5.56 Å². The van der Waals surface area contributed by atoms with Crippen LogP contribution in [0.15, 0.2) is 30.6 Å². The normalized spacial score (nSPS) is 10.3. The second kappa shape index (κ2) is 6.55. The number of halogens is 1. The van der Waals surface area contributed by atoms with E-state index in [2.05, 4.69) is 15.5 Å². The number of rotatable bonds is 6. The van der Waals surface area contributed by atoms with E-state index in [1.807, 2.05) is 0 Å². The Morgan fingerprint density at radius 2 is 2.00 bits per heavy atom. The first-order chi connectivity index (χ1) is 10.0. The summed E-state index contributed by atoms with van der Waals surface area (Å²) in [5.41, 5.74) is 0.628. The first-order valence-electron chi connectivity index (χ1n) is 5.99. The predicted molar refractivity (Wildman–Crippen MR) is 67.3 cm³/mol. The Morgan fingerprint density at radius 1 is 1.29 bits per heavy atom. The Kier molecular flexibility index (Phi) is 4.54. The van der Waals surface area contributed by atoms with Gasteiger partial charge in [0.05, 0.1) is 0 Å². The second-order valence-corrected chi connectivity index (χ2v) is 4.28. The Labute approximate surface area is 118 Å². The van der Waals surface area contributed by atoms with Gasteiger partial charge in [0.1, 0.15) is 25.2 Å². The molecule has 2 aromatic rings. The van der Waals surface area contributed by atoms with Crippen LogP contribution in [0.25, 0.3) is 0 Å². The molecule has 110 valence electrons. The lowest BCUT2D eigenvalue weighted by Gasteiger charge is -2.20. The number of carboxylic acid groups (broad SMARTS) is 1. The summed E-state index contributed by atoms with van der Waals surface area (Å²) in [6.45, 7) is -0.562. The zero-order valence-corrected chi connectivity index (χ0v) is 10.9. The van der Waals surface area contributed by atoms with E-state index in [1.165, 1.54) is 35.3 Å². The SMILES string of the molecule is O=C(O)CN(Cc1ccc(F)cc1)C(=O)Cn1cnnn1. The molecule has 1 amide bonds. The van der Waals surface area contributed by atoms with Crippen LogP contribution in [0.2, 0.25) is 0 Å². The third kappa shape index (κ3) is 4.34. The number of amides is 1. The summed E-state index contributed by atoms with van der Waals surface area (Å²) in [6, 6.07) is 5.49. The van der Waals surface area contributed by atoms with Gasteiger partial charge >= 0.3 is 5.97 Å². The van der Waals surface area contributed by atoms with Gasteiger partial charge in [0.25, 0.3) is 0 Å². The molecule has 9 heteroatoms. The molecule has 0 aliphatic heterocycles. The van der Waals surface area contributed by atoms with E-state index in [9.17, 15) is 14.0 Å².